The number of methoxy groups -OCH3 is 2. The molecule has 0 fully saturated rings. The third-order valence-electron chi connectivity index (χ3n) is 4.09. The van der Waals surface area contributed by atoms with E-state index in [1.165, 1.54) is 25.2 Å². The molecule has 8 heteroatoms. The Labute approximate surface area is 183 Å². The van der Waals surface area contributed by atoms with E-state index >= 15 is 0 Å². The summed E-state index contributed by atoms with van der Waals surface area (Å²) in [5.41, 5.74) is 2.30. The predicted molar refractivity (Wildman–Crippen MR) is 119 cm³/mol. The minimum atomic E-state index is -0.321. The second-order valence-electron chi connectivity index (χ2n) is 6.27. The number of benzene rings is 2. The van der Waals surface area contributed by atoms with E-state index in [0.29, 0.717) is 27.8 Å². The molecule has 0 atom stereocenters. The van der Waals surface area contributed by atoms with Crippen molar-refractivity contribution in [2.45, 2.75) is 6.92 Å². The Morgan fingerprint density at radius 3 is 2.55 bits per heavy atom. The average Bonchev–Trinajstić information content (AvgIpc) is 2.67. The van der Waals surface area contributed by atoms with Gasteiger partial charge >= 0.3 is 0 Å². The Hall–Kier alpha value is -2.51. The van der Waals surface area contributed by atoms with E-state index in [1.807, 2.05) is 19.1 Å². The highest BCUT2D eigenvalue weighted by atomic mass is 79.9. The average molecular weight is 482 g/mol. The fourth-order valence-corrected chi connectivity index (χ4v) is 3.35. The van der Waals surface area contributed by atoms with Gasteiger partial charge in [0, 0.05) is 23.3 Å². The van der Waals surface area contributed by atoms with E-state index in [-0.39, 0.29) is 18.4 Å². The van der Waals surface area contributed by atoms with Crippen molar-refractivity contribution in [1.82, 2.24) is 4.90 Å². The van der Waals surface area contributed by atoms with Crippen molar-refractivity contribution in [1.29, 1.82) is 0 Å². The molecular weight excluding hydrogens is 460 g/mol. The fourth-order valence-electron chi connectivity index (χ4n) is 2.58. The number of carbonyl (C=O) groups excluding carboxylic acids is 2. The van der Waals surface area contributed by atoms with Gasteiger partial charge in [-0.1, -0.05) is 27.5 Å². The van der Waals surface area contributed by atoms with Gasteiger partial charge in [0.15, 0.2) is 11.5 Å². The normalized spacial score (nSPS) is 10.7. The smallest absolute Gasteiger partial charge is 0.246 e. The number of nitrogens with one attached hydrogen (secondary N) is 1. The van der Waals surface area contributed by atoms with Crippen molar-refractivity contribution in [2.24, 2.45) is 0 Å². The first-order chi connectivity index (χ1) is 13.7. The van der Waals surface area contributed by atoms with Gasteiger partial charge in [-0.15, -0.1) is 0 Å². The minimum Gasteiger partial charge on any atom is -0.493 e. The van der Waals surface area contributed by atoms with Crippen LogP contribution in [0.2, 0.25) is 5.02 Å². The zero-order valence-electron chi connectivity index (χ0n) is 16.6. The van der Waals surface area contributed by atoms with Crippen LogP contribution < -0.4 is 14.8 Å². The molecule has 0 saturated heterocycles. The number of rotatable bonds is 7. The van der Waals surface area contributed by atoms with Crippen LogP contribution in [-0.4, -0.2) is 44.5 Å². The topological polar surface area (TPSA) is 67.9 Å². The molecule has 1 N–H and O–H groups in total. The van der Waals surface area contributed by atoms with E-state index in [1.54, 1.807) is 31.3 Å². The van der Waals surface area contributed by atoms with E-state index in [9.17, 15) is 9.59 Å². The molecule has 0 radical (unpaired) electrons. The van der Waals surface area contributed by atoms with Crippen molar-refractivity contribution < 1.29 is 19.1 Å². The number of carbonyl (C=O) groups is 2. The molecule has 6 nitrogen and oxygen atoms in total. The zero-order chi connectivity index (χ0) is 21.6. The Kier molecular flexibility index (Phi) is 8.10. The number of nitrogens with zero attached hydrogens (tertiary/aromatic N) is 1. The van der Waals surface area contributed by atoms with Crippen molar-refractivity contribution in [3.05, 3.63) is 57.0 Å². The molecule has 0 aliphatic heterocycles. The summed E-state index contributed by atoms with van der Waals surface area (Å²) < 4.78 is 11.4. The second kappa shape index (κ2) is 10.3. The first kappa shape index (κ1) is 22.8. The standard InChI is InChI=1S/C21H22BrClN2O4/c1-13-9-15(22)6-7-17(13)24-19(26)12-25(2)20(27)8-5-14-10-16(23)21(29-4)18(11-14)28-3/h5-11H,12H2,1-4H3,(H,24,26)/b8-5+. The maximum absolute atomic E-state index is 12.3. The zero-order valence-corrected chi connectivity index (χ0v) is 18.9. The van der Waals surface area contributed by atoms with Gasteiger partial charge in [-0.3, -0.25) is 9.59 Å². The van der Waals surface area contributed by atoms with Gasteiger partial charge in [0.05, 0.1) is 25.8 Å². The Bertz CT molecular complexity index is 947. The third kappa shape index (κ3) is 6.24. The summed E-state index contributed by atoms with van der Waals surface area (Å²) in [6.07, 6.45) is 2.97. The minimum absolute atomic E-state index is 0.0780. The summed E-state index contributed by atoms with van der Waals surface area (Å²) in [5.74, 6) is 0.284. The van der Waals surface area contributed by atoms with E-state index in [4.69, 9.17) is 21.1 Å². The molecule has 29 heavy (non-hydrogen) atoms. The maximum atomic E-state index is 12.3. The monoisotopic (exact) mass is 480 g/mol. The maximum Gasteiger partial charge on any atom is 0.246 e. The van der Waals surface area contributed by atoms with Crippen LogP contribution in [0.15, 0.2) is 40.9 Å². The molecule has 0 aromatic heterocycles. The van der Waals surface area contributed by atoms with E-state index < -0.39 is 0 Å². The molecule has 0 saturated carbocycles. The number of likely N-dealkylation sites (N-methyl/N-ethyl adjacent to an activating group) is 1. The summed E-state index contributed by atoms with van der Waals surface area (Å²) in [4.78, 5) is 25.9. The quantitative estimate of drug-likeness (QED) is 0.590. The summed E-state index contributed by atoms with van der Waals surface area (Å²) in [6, 6.07) is 8.92. The van der Waals surface area contributed by atoms with Crippen LogP contribution in [0.4, 0.5) is 5.69 Å². The van der Waals surface area contributed by atoms with Crippen LogP contribution in [0, 0.1) is 6.92 Å². The van der Waals surface area contributed by atoms with Crippen LogP contribution in [0.1, 0.15) is 11.1 Å². The lowest BCUT2D eigenvalue weighted by Crippen LogP contribution is -2.34. The third-order valence-corrected chi connectivity index (χ3v) is 4.87. The summed E-state index contributed by atoms with van der Waals surface area (Å²) >= 11 is 9.55. The van der Waals surface area contributed by atoms with Gasteiger partial charge < -0.3 is 19.7 Å². The van der Waals surface area contributed by atoms with Gasteiger partial charge in [0.25, 0.3) is 0 Å². The molecule has 0 aliphatic rings. The highest BCUT2D eigenvalue weighted by Gasteiger charge is 2.13. The van der Waals surface area contributed by atoms with Crippen molar-refractivity contribution in [3.63, 3.8) is 0 Å². The first-order valence-electron chi connectivity index (χ1n) is 8.65. The summed E-state index contributed by atoms with van der Waals surface area (Å²) in [7, 11) is 4.56. The van der Waals surface area contributed by atoms with Gasteiger partial charge in [0.2, 0.25) is 11.8 Å². The van der Waals surface area contributed by atoms with Gasteiger partial charge in [-0.2, -0.15) is 0 Å². The van der Waals surface area contributed by atoms with Gasteiger partial charge in [0.1, 0.15) is 0 Å². The molecule has 2 aromatic carbocycles. The number of ether oxygens (including phenoxy) is 2. The van der Waals surface area contributed by atoms with Crippen molar-refractivity contribution >= 4 is 51.1 Å². The molecule has 0 heterocycles. The van der Waals surface area contributed by atoms with Crippen molar-refractivity contribution in [2.75, 3.05) is 33.1 Å². The van der Waals surface area contributed by atoms with Crippen LogP contribution in [0.5, 0.6) is 11.5 Å². The molecular formula is C21H22BrClN2O4. The van der Waals surface area contributed by atoms with Crippen LogP contribution in [0.25, 0.3) is 6.08 Å². The van der Waals surface area contributed by atoms with E-state index in [2.05, 4.69) is 21.2 Å². The number of hydrogen-bond acceptors (Lipinski definition) is 4. The predicted octanol–water partition coefficient (Wildman–Crippen LogP) is 4.54. The molecule has 2 rings (SSSR count). The number of anilines is 1. The molecule has 2 amide bonds. The highest BCUT2D eigenvalue weighted by molar-refractivity contribution is 9.10. The molecule has 0 aliphatic carbocycles. The number of amides is 2. The lowest BCUT2D eigenvalue weighted by Gasteiger charge is -2.16. The number of hydrogen-bond donors (Lipinski definition) is 1. The van der Waals surface area contributed by atoms with Crippen LogP contribution in [-0.2, 0) is 9.59 Å². The second-order valence-corrected chi connectivity index (χ2v) is 7.60. The number of aryl methyl sites for hydroxylation is 1. The van der Waals surface area contributed by atoms with Gasteiger partial charge in [-0.05, 0) is 54.5 Å². The van der Waals surface area contributed by atoms with Crippen LogP contribution >= 0.6 is 27.5 Å². The van der Waals surface area contributed by atoms with Crippen LogP contribution in [0.3, 0.4) is 0 Å². The number of halogens is 2. The summed E-state index contributed by atoms with van der Waals surface area (Å²) in [6.45, 7) is 1.82. The SMILES string of the molecule is COc1cc(/C=C/C(=O)N(C)CC(=O)Nc2ccc(Br)cc2C)cc(Cl)c1OC. The molecule has 0 bridgehead atoms. The first-order valence-corrected chi connectivity index (χ1v) is 9.83. The lowest BCUT2D eigenvalue weighted by atomic mass is 10.2. The fraction of sp³-hybridized carbons (Fsp3) is 0.238. The van der Waals surface area contributed by atoms with E-state index in [0.717, 1.165) is 10.0 Å². The highest BCUT2D eigenvalue weighted by Crippen LogP contribution is 2.36. The molecule has 0 spiro atoms. The van der Waals surface area contributed by atoms with Crippen molar-refractivity contribution in [3.8, 4) is 11.5 Å². The largest absolute Gasteiger partial charge is 0.493 e. The van der Waals surface area contributed by atoms with Gasteiger partial charge in [-0.25, -0.2) is 0 Å². The molecule has 0 unspecified atom stereocenters. The molecule has 2 aromatic rings. The lowest BCUT2D eigenvalue weighted by molar-refractivity contribution is -0.129. The summed E-state index contributed by atoms with van der Waals surface area (Å²) in [5, 5.41) is 3.18. The Balaban J connectivity index is 2.01. The Morgan fingerprint density at radius 1 is 1.21 bits per heavy atom. The molecule has 154 valence electrons. The Morgan fingerprint density at radius 2 is 1.93 bits per heavy atom.